The van der Waals surface area contributed by atoms with Gasteiger partial charge in [-0.15, -0.1) is 0 Å². The van der Waals surface area contributed by atoms with Crippen molar-refractivity contribution in [3.05, 3.63) is 28.8 Å². The Bertz CT molecular complexity index is 573. The van der Waals surface area contributed by atoms with Crippen LogP contribution in [0.1, 0.15) is 18.4 Å². The van der Waals surface area contributed by atoms with Gasteiger partial charge < -0.3 is 10.0 Å². The largest absolute Gasteiger partial charge is 0.392 e. The number of nitrogens with one attached hydrogen (secondary N) is 1. The topological polar surface area (TPSA) is 69.6 Å². The van der Waals surface area contributed by atoms with Gasteiger partial charge >= 0.3 is 0 Å². The molecule has 0 atom stereocenters. The molecule has 7 heteroatoms. The quantitative estimate of drug-likeness (QED) is 0.793. The SMILES string of the molecule is CN(CCNS(=O)(=O)c1cc(CO)ccc1Cl)C1CC1. The lowest BCUT2D eigenvalue weighted by molar-refractivity contribution is 0.281. The number of nitrogens with zero attached hydrogens (tertiary/aromatic N) is 1. The first-order valence-electron chi connectivity index (χ1n) is 6.53. The highest BCUT2D eigenvalue weighted by atomic mass is 35.5. The molecule has 0 heterocycles. The first kappa shape index (κ1) is 15.7. The summed E-state index contributed by atoms with van der Waals surface area (Å²) in [6.45, 7) is 0.792. The first-order valence-corrected chi connectivity index (χ1v) is 8.39. The van der Waals surface area contributed by atoms with E-state index < -0.39 is 10.0 Å². The smallest absolute Gasteiger partial charge is 0.242 e. The number of halogens is 1. The lowest BCUT2D eigenvalue weighted by atomic mass is 10.2. The van der Waals surface area contributed by atoms with Crippen LogP contribution >= 0.6 is 11.6 Å². The molecule has 2 N–H and O–H groups in total. The fourth-order valence-corrected chi connectivity index (χ4v) is 3.55. The summed E-state index contributed by atoms with van der Waals surface area (Å²) in [7, 11) is -1.65. The van der Waals surface area contributed by atoms with Gasteiger partial charge in [0.2, 0.25) is 10.0 Å². The van der Waals surface area contributed by atoms with E-state index in [9.17, 15) is 8.42 Å². The molecule has 0 radical (unpaired) electrons. The zero-order valence-electron chi connectivity index (χ0n) is 11.3. The van der Waals surface area contributed by atoms with E-state index in [0.29, 0.717) is 24.7 Å². The van der Waals surface area contributed by atoms with Crippen LogP contribution in [0.5, 0.6) is 0 Å². The molecule has 2 rings (SSSR count). The highest BCUT2D eigenvalue weighted by molar-refractivity contribution is 7.89. The van der Waals surface area contributed by atoms with Crippen molar-refractivity contribution in [2.45, 2.75) is 30.4 Å². The Balaban J connectivity index is 2.01. The molecule has 112 valence electrons. The average Bonchev–Trinajstić information content (AvgIpc) is 3.23. The molecule has 0 saturated heterocycles. The molecule has 1 saturated carbocycles. The van der Waals surface area contributed by atoms with E-state index in [2.05, 4.69) is 9.62 Å². The summed E-state index contributed by atoms with van der Waals surface area (Å²) in [6, 6.07) is 5.08. The van der Waals surface area contributed by atoms with E-state index >= 15 is 0 Å². The Labute approximate surface area is 124 Å². The van der Waals surface area contributed by atoms with Gasteiger partial charge in [-0.2, -0.15) is 0 Å². The van der Waals surface area contributed by atoms with Gasteiger partial charge in [-0.25, -0.2) is 13.1 Å². The summed E-state index contributed by atoms with van der Waals surface area (Å²) in [5.74, 6) is 0. The van der Waals surface area contributed by atoms with Crippen molar-refractivity contribution < 1.29 is 13.5 Å². The summed E-state index contributed by atoms with van der Waals surface area (Å²) in [5.41, 5.74) is 0.518. The molecule has 0 amide bonds. The lowest BCUT2D eigenvalue weighted by Crippen LogP contribution is -2.34. The Morgan fingerprint density at radius 3 is 2.75 bits per heavy atom. The van der Waals surface area contributed by atoms with E-state index in [4.69, 9.17) is 16.7 Å². The van der Waals surface area contributed by atoms with Crippen molar-refractivity contribution in [1.82, 2.24) is 9.62 Å². The third-order valence-corrected chi connectivity index (χ3v) is 5.34. The Hall–Kier alpha value is -0.660. The molecule has 1 aromatic rings. The van der Waals surface area contributed by atoms with Gasteiger partial charge in [-0.1, -0.05) is 17.7 Å². The van der Waals surface area contributed by atoms with E-state index in [1.54, 1.807) is 6.07 Å². The molecular formula is C13H19ClN2O3S. The monoisotopic (exact) mass is 318 g/mol. The number of aliphatic hydroxyl groups is 1. The maximum absolute atomic E-state index is 12.2. The number of rotatable bonds is 7. The van der Waals surface area contributed by atoms with Crippen LogP contribution in [-0.2, 0) is 16.6 Å². The number of benzene rings is 1. The van der Waals surface area contributed by atoms with Crippen molar-refractivity contribution in [1.29, 1.82) is 0 Å². The standard InChI is InChI=1S/C13H19ClN2O3S/c1-16(11-3-4-11)7-6-15-20(18,19)13-8-10(9-17)2-5-12(13)14/h2,5,8,11,15,17H,3-4,6-7,9H2,1H3. The summed E-state index contributed by atoms with van der Waals surface area (Å²) < 4.78 is 26.9. The predicted molar refractivity (Wildman–Crippen MR) is 78.2 cm³/mol. The molecule has 0 aromatic heterocycles. The zero-order chi connectivity index (χ0) is 14.8. The maximum Gasteiger partial charge on any atom is 0.242 e. The number of sulfonamides is 1. The third-order valence-electron chi connectivity index (χ3n) is 3.39. The first-order chi connectivity index (χ1) is 9.44. The average molecular weight is 319 g/mol. The number of aliphatic hydroxyl groups excluding tert-OH is 1. The van der Waals surface area contributed by atoms with Crippen molar-refractivity contribution in [2.75, 3.05) is 20.1 Å². The minimum Gasteiger partial charge on any atom is -0.392 e. The third kappa shape index (κ3) is 3.93. The van der Waals surface area contributed by atoms with Crippen LogP contribution in [-0.4, -0.2) is 44.6 Å². The van der Waals surface area contributed by atoms with Crippen molar-refractivity contribution in [3.63, 3.8) is 0 Å². The van der Waals surface area contributed by atoms with E-state index in [1.165, 1.54) is 25.0 Å². The molecule has 1 aliphatic rings. The van der Waals surface area contributed by atoms with Gasteiger partial charge in [-0.3, -0.25) is 0 Å². The van der Waals surface area contributed by atoms with Crippen molar-refractivity contribution >= 4 is 21.6 Å². The fraction of sp³-hybridized carbons (Fsp3) is 0.538. The minimum atomic E-state index is -3.64. The van der Waals surface area contributed by atoms with Gasteiger partial charge in [0, 0.05) is 19.1 Å². The number of hydrogen-bond acceptors (Lipinski definition) is 4. The van der Waals surface area contributed by atoms with E-state index in [1.807, 2.05) is 7.05 Å². The molecule has 0 bridgehead atoms. The number of hydrogen-bond donors (Lipinski definition) is 2. The molecule has 1 aliphatic carbocycles. The van der Waals surface area contributed by atoms with Crippen molar-refractivity contribution in [2.24, 2.45) is 0 Å². The Morgan fingerprint density at radius 2 is 2.15 bits per heavy atom. The normalized spacial score (nSPS) is 15.8. The Kier molecular flexibility index (Phi) is 5.04. The molecule has 5 nitrogen and oxygen atoms in total. The van der Waals surface area contributed by atoms with E-state index in [0.717, 1.165) is 0 Å². The van der Waals surface area contributed by atoms with Gasteiger partial charge in [0.05, 0.1) is 11.6 Å². The second-order valence-corrected chi connectivity index (χ2v) is 7.18. The van der Waals surface area contributed by atoms with Gasteiger partial charge in [0.25, 0.3) is 0 Å². The molecule has 0 unspecified atom stereocenters. The van der Waals surface area contributed by atoms with Crippen LogP contribution in [0.3, 0.4) is 0 Å². The highest BCUT2D eigenvalue weighted by Gasteiger charge is 2.26. The highest BCUT2D eigenvalue weighted by Crippen LogP contribution is 2.25. The van der Waals surface area contributed by atoms with Crippen LogP contribution in [0.15, 0.2) is 23.1 Å². The predicted octanol–water partition coefficient (Wildman–Crippen LogP) is 1.20. The molecule has 20 heavy (non-hydrogen) atoms. The van der Waals surface area contributed by atoms with Gasteiger partial charge in [0.15, 0.2) is 0 Å². The maximum atomic E-state index is 12.2. The van der Waals surface area contributed by atoms with Crippen LogP contribution < -0.4 is 4.72 Å². The summed E-state index contributed by atoms with van der Waals surface area (Å²) >= 11 is 5.93. The van der Waals surface area contributed by atoms with E-state index in [-0.39, 0.29) is 16.5 Å². The Morgan fingerprint density at radius 1 is 1.45 bits per heavy atom. The molecule has 0 spiro atoms. The second kappa shape index (κ2) is 6.41. The van der Waals surface area contributed by atoms with Crippen LogP contribution in [0, 0.1) is 0 Å². The van der Waals surface area contributed by atoms with Crippen LogP contribution in [0.4, 0.5) is 0 Å². The summed E-state index contributed by atoms with van der Waals surface area (Å²) in [4.78, 5) is 2.16. The molecule has 1 aromatic carbocycles. The van der Waals surface area contributed by atoms with Gasteiger partial charge in [0.1, 0.15) is 4.90 Å². The fourth-order valence-electron chi connectivity index (χ4n) is 1.98. The second-order valence-electron chi connectivity index (χ2n) is 5.03. The lowest BCUT2D eigenvalue weighted by Gasteiger charge is -2.16. The molecular weight excluding hydrogens is 300 g/mol. The zero-order valence-corrected chi connectivity index (χ0v) is 12.9. The van der Waals surface area contributed by atoms with Crippen LogP contribution in [0.25, 0.3) is 0 Å². The van der Waals surface area contributed by atoms with Crippen molar-refractivity contribution in [3.8, 4) is 0 Å². The summed E-state index contributed by atoms with van der Waals surface area (Å²) in [5, 5.41) is 9.23. The number of likely N-dealkylation sites (N-methyl/N-ethyl adjacent to an activating group) is 1. The van der Waals surface area contributed by atoms with Gasteiger partial charge in [-0.05, 0) is 37.6 Å². The molecule has 0 aliphatic heterocycles. The summed E-state index contributed by atoms with van der Waals surface area (Å²) in [6.07, 6.45) is 2.38. The minimum absolute atomic E-state index is 0.0137. The molecule has 1 fully saturated rings. The van der Waals surface area contributed by atoms with Crippen LogP contribution in [0.2, 0.25) is 5.02 Å².